The molecule has 3 unspecified atom stereocenters. The monoisotopic (exact) mass is 234 g/mol. The molecule has 0 saturated heterocycles. The number of thiophene rings is 1. The van der Waals surface area contributed by atoms with Gasteiger partial charge in [-0.1, -0.05) is 19.9 Å². The van der Waals surface area contributed by atoms with Crippen molar-refractivity contribution < 1.29 is 0 Å². The van der Waals surface area contributed by atoms with Crippen molar-refractivity contribution in [2.75, 3.05) is 0 Å². The SMILES string of the molecule is CCC1(CC)C2CCC(C2)C1c1cccs1. The Balaban J connectivity index is 2.02. The van der Waals surface area contributed by atoms with Gasteiger partial charge in [0.2, 0.25) is 0 Å². The van der Waals surface area contributed by atoms with Crippen LogP contribution in [-0.4, -0.2) is 0 Å². The van der Waals surface area contributed by atoms with Crippen LogP contribution in [0.25, 0.3) is 0 Å². The molecule has 2 saturated carbocycles. The highest BCUT2D eigenvalue weighted by Crippen LogP contribution is 2.66. The van der Waals surface area contributed by atoms with Gasteiger partial charge >= 0.3 is 0 Å². The predicted molar refractivity (Wildman–Crippen MR) is 70.9 cm³/mol. The molecule has 0 amide bonds. The number of hydrogen-bond acceptors (Lipinski definition) is 1. The van der Waals surface area contributed by atoms with Crippen molar-refractivity contribution in [2.24, 2.45) is 17.3 Å². The zero-order chi connectivity index (χ0) is 11.2. The average molecular weight is 234 g/mol. The zero-order valence-corrected chi connectivity index (χ0v) is 11.2. The molecular weight excluding hydrogens is 212 g/mol. The number of hydrogen-bond donors (Lipinski definition) is 0. The minimum absolute atomic E-state index is 0.647. The second-order valence-corrected chi connectivity index (χ2v) is 6.68. The van der Waals surface area contributed by atoms with Crippen LogP contribution in [0.5, 0.6) is 0 Å². The van der Waals surface area contributed by atoms with Crippen LogP contribution in [-0.2, 0) is 0 Å². The van der Waals surface area contributed by atoms with Crippen molar-refractivity contribution in [3.8, 4) is 0 Å². The lowest BCUT2D eigenvalue weighted by Gasteiger charge is -2.43. The highest BCUT2D eigenvalue weighted by atomic mass is 32.1. The minimum Gasteiger partial charge on any atom is -0.149 e. The zero-order valence-electron chi connectivity index (χ0n) is 10.4. The fourth-order valence-corrected chi connectivity index (χ4v) is 5.86. The molecule has 88 valence electrons. The van der Waals surface area contributed by atoms with E-state index < -0.39 is 0 Å². The Morgan fingerprint density at radius 2 is 2.12 bits per heavy atom. The average Bonchev–Trinajstić information content (AvgIpc) is 3.03. The van der Waals surface area contributed by atoms with Crippen molar-refractivity contribution in [3.05, 3.63) is 22.4 Å². The summed E-state index contributed by atoms with van der Waals surface area (Å²) in [5.74, 6) is 2.92. The van der Waals surface area contributed by atoms with Crippen LogP contribution in [0.15, 0.2) is 17.5 Å². The molecule has 0 N–H and O–H groups in total. The van der Waals surface area contributed by atoms with Crippen LogP contribution in [0.1, 0.15) is 56.7 Å². The summed E-state index contributed by atoms with van der Waals surface area (Å²) in [5.41, 5.74) is 0.647. The van der Waals surface area contributed by atoms with Gasteiger partial charge in [0.15, 0.2) is 0 Å². The normalized spacial score (nSPS) is 35.8. The van der Waals surface area contributed by atoms with Gasteiger partial charge in [-0.15, -0.1) is 11.3 Å². The molecule has 1 heterocycles. The molecule has 3 rings (SSSR count). The highest BCUT2D eigenvalue weighted by Gasteiger charge is 2.56. The van der Waals surface area contributed by atoms with E-state index in [1.807, 2.05) is 11.3 Å². The van der Waals surface area contributed by atoms with E-state index in [1.165, 1.54) is 32.1 Å². The standard InChI is InChI=1S/C15H22S/c1-3-15(4-2)12-8-7-11(10-12)14(15)13-6-5-9-16-13/h5-6,9,11-12,14H,3-4,7-8,10H2,1-2H3. The van der Waals surface area contributed by atoms with E-state index in [-0.39, 0.29) is 0 Å². The molecule has 2 fully saturated rings. The fraction of sp³-hybridized carbons (Fsp3) is 0.733. The quantitative estimate of drug-likeness (QED) is 0.685. The molecule has 1 aromatic heterocycles. The van der Waals surface area contributed by atoms with Crippen LogP contribution >= 0.6 is 11.3 Å². The summed E-state index contributed by atoms with van der Waals surface area (Å²) in [4.78, 5) is 1.68. The van der Waals surface area contributed by atoms with Crippen LogP contribution in [0.2, 0.25) is 0 Å². The van der Waals surface area contributed by atoms with Crippen molar-refractivity contribution in [1.82, 2.24) is 0 Å². The third kappa shape index (κ3) is 1.27. The Morgan fingerprint density at radius 3 is 2.75 bits per heavy atom. The van der Waals surface area contributed by atoms with Gasteiger partial charge in [0, 0.05) is 10.8 Å². The van der Waals surface area contributed by atoms with Gasteiger partial charge in [-0.3, -0.25) is 0 Å². The Bertz CT molecular complexity index is 348. The van der Waals surface area contributed by atoms with Gasteiger partial charge in [-0.2, -0.15) is 0 Å². The second-order valence-electron chi connectivity index (χ2n) is 5.70. The molecule has 0 aromatic carbocycles. The summed E-state index contributed by atoms with van der Waals surface area (Å²) >= 11 is 1.99. The summed E-state index contributed by atoms with van der Waals surface area (Å²) < 4.78 is 0. The molecule has 2 aliphatic rings. The first-order valence-electron chi connectivity index (χ1n) is 6.85. The van der Waals surface area contributed by atoms with E-state index in [0.29, 0.717) is 5.41 Å². The molecule has 16 heavy (non-hydrogen) atoms. The second kappa shape index (κ2) is 3.87. The molecule has 2 aliphatic carbocycles. The molecular formula is C15H22S. The fourth-order valence-electron chi connectivity index (χ4n) is 4.82. The van der Waals surface area contributed by atoms with Gasteiger partial charge in [0.1, 0.15) is 0 Å². The van der Waals surface area contributed by atoms with Crippen LogP contribution in [0.4, 0.5) is 0 Å². The van der Waals surface area contributed by atoms with E-state index in [9.17, 15) is 0 Å². The van der Waals surface area contributed by atoms with Crippen LogP contribution in [0.3, 0.4) is 0 Å². The van der Waals surface area contributed by atoms with Crippen molar-refractivity contribution in [1.29, 1.82) is 0 Å². The maximum atomic E-state index is 2.42. The first kappa shape index (κ1) is 10.8. The summed E-state index contributed by atoms with van der Waals surface area (Å²) in [6.07, 6.45) is 7.29. The van der Waals surface area contributed by atoms with E-state index in [0.717, 1.165) is 17.8 Å². The molecule has 1 aromatic rings. The summed E-state index contributed by atoms with van der Waals surface area (Å²) in [6, 6.07) is 4.62. The van der Waals surface area contributed by atoms with Gasteiger partial charge in [-0.25, -0.2) is 0 Å². The largest absolute Gasteiger partial charge is 0.149 e. The maximum Gasteiger partial charge on any atom is 0.00845 e. The van der Waals surface area contributed by atoms with Crippen LogP contribution < -0.4 is 0 Å². The number of fused-ring (bicyclic) bond motifs is 2. The molecule has 2 bridgehead atoms. The summed E-state index contributed by atoms with van der Waals surface area (Å²) in [7, 11) is 0. The summed E-state index contributed by atoms with van der Waals surface area (Å²) in [6.45, 7) is 4.84. The Hall–Kier alpha value is -0.300. The topological polar surface area (TPSA) is 0 Å². The van der Waals surface area contributed by atoms with Gasteiger partial charge in [-0.05, 0) is 60.8 Å². The maximum absolute atomic E-state index is 2.42. The first-order chi connectivity index (χ1) is 7.81. The van der Waals surface area contributed by atoms with Crippen molar-refractivity contribution in [3.63, 3.8) is 0 Å². The first-order valence-corrected chi connectivity index (χ1v) is 7.73. The van der Waals surface area contributed by atoms with Crippen molar-refractivity contribution in [2.45, 2.75) is 51.9 Å². The van der Waals surface area contributed by atoms with E-state index >= 15 is 0 Å². The minimum atomic E-state index is 0.647. The van der Waals surface area contributed by atoms with Gasteiger partial charge in [0.05, 0.1) is 0 Å². The molecule has 0 nitrogen and oxygen atoms in total. The third-order valence-electron chi connectivity index (χ3n) is 5.54. The van der Waals surface area contributed by atoms with Crippen molar-refractivity contribution >= 4 is 11.3 Å². The van der Waals surface area contributed by atoms with E-state index in [2.05, 4.69) is 31.4 Å². The Labute approximate surface area is 103 Å². The Kier molecular flexibility index (Phi) is 2.62. The highest BCUT2D eigenvalue weighted by molar-refractivity contribution is 7.10. The van der Waals surface area contributed by atoms with Gasteiger partial charge < -0.3 is 0 Å². The molecule has 3 atom stereocenters. The molecule has 1 heteroatoms. The number of rotatable bonds is 3. The van der Waals surface area contributed by atoms with E-state index in [1.54, 1.807) is 4.88 Å². The van der Waals surface area contributed by atoms with E-state index in [4.69, 9.17) is 0 Å². The molecule has 0 aliphatic heterocycles. The lowest BCUT2D eigenvalue weighted by molar-refractivity contribution is 0.117. The lowest BCUT2D eigenvalue weighted by Crippen LogP contribution is -2.33. The predicted octanol–water partition coefficient (Wildman–Crippen LogP) is 5.07. The summed E-state index contributed by atoms with van der Waals surface area (Å²) in [5, 5.41) is 2.26. The smallest absolute Gasteiger partial charge is 0.00845 e. The molecule has 0 spiro atoms. The lowest BCUT2D eigenvalue weighted by atomic mass is 9.62. The Morgan fingerprint density at radius 1 is 1.31 bits per heavy atom. The van der Waals surface area contributed by atoms with Gasteiger partial charge in [0.25, 0.3) is 0 Å². The third-order valence-corrected chi connectivity index (χ3v) is 6.50. The van der Waals surface area contributed by atoms with Crippen LogP contribution in [0, 0.1) is 17.3 Å². The molecule has 0 radical (unpaired) electrons.